The van der Waals surface area contributed by atoms with Crippen LogP contribution in [0.15, 0.2) is 73.4 Å². The van der Waals surface area contributed by atoms with Crippen molar-refractivity contribution in [3.8, 4) is 11.3 Å². The smallest absolute Gasteiger partial charge is 0.333 e. The third kappa shape index (κ3) is 3.64. The summed E-state index contributed by atoms with van der Waals surface area (Å²) >= 11 is 0. The van der Waals surface area contributed by atoms with Crippen LogP contribution in [-0.2, 0) is 5.92 Å². The molecule has 0 radical (unpaired) electrons. The Morgan fingerprint density at radius 1 is 1.06 bits per heavy atom. The lowest BCUT2D eigenvalue weighted by Gasteiger charge is -2.15. The molecule has 0 fully saturated rings. The Balaban J connectivity index is 1.56. The van der Waals surface area contributed by atoms with Gasteiger partial charge in [0, 0.05) is 40.5 Å². The van der Waals surface area contributed by atoms with E-state index in [0.717, 1.165) is 4.52 Å². The zero-order valence-corrected chi connectivity index (χ0v) is 18.1. The molecule has 0 atom stereocenters. The molecule has 3 heterocycles. The van der Waals surface area contributed by atoms with E-state index in [1.54, 1.807) is 36.5 Å². The number of nitrogens with zero attached hydrogens (tertiary/aromatic N) is 5. The van der Waals surface area contributed by atoms with Crippen molar-refractivity contribution in [2.75, 3.05) is 6.54 Å². The molecule has 0 spiro atoms. The number of halogens is 3. The largest absolute Gasteiger partial charge is 0.385 e. The summed E-state index contributed by atoms with van der Waals surface area (Å²) in [6, 6.07) is 15.2. The van der Waals surface area contributed by atoms with Gasteiger partial charge in [-0.15, -0.1) is 10.2 Å². The number of aromatic nitrogens is 5. The number of fused-ring (bicyclic) bond motifs is 2. The van der Waals surface area contributed by atoms with Crippen molar-refractivity contribution in [1.29, 1.82) is 0 Å². The summed E-state index contributed by atoms with van der Waals surface area (Å²) in [5.74, 6) is -4.61. The van der Waals surface area contributed by atoms with Crippen molar-refractivity contribution in [2.24, 2.45) is 0 Å². The maximum absolute atomic E-state index is 15.5. The van der Waals surface area contributed by atoms with E-state index in [2.05, 4.69) is 32.2 Å². The van der Waals surface area contributed by atoms with Crippen LogP contribution in [0.2, 0.25) is 0 Å². The predicted molar refractivity (Wildman–Crippen MR) is 124 cm³/mol. The van der Waals surface area contributed by atoms with Crippen molar-refractivity contribution in [3.63, 3.8) is 0 Å². The van der Waals surface area contributed by atoms with Gasteiger partial charge in [-0.3, -0.25) is 4.98 Å². The van der Waals surface area contributed by atoms with Crippen molar-refractivity contribution in [3.05, 3.63) is 96.2 Å². The second-order valence-electron chi connectivity index (χ2n) is 7.70. The van der Waals surface area contributed by atoms with E-state index in [-0.39, 0.29) is 11.2 Å². The third-order valence-electron chi connectivity index (χ3n) is 5.49. The Morgan fingerprint density at radius 3 is 2.71 bits per heavy atom. The monoisotopic (exact) mass is 460 g/mol. The lowest BCUT2D eigenvalue weighted by molar-refractivity contribution is 0.0307. The van der Waals surface area contributed by atoms with Gasteiger partial charge in [-0.2, -0.15) is 18.4 Å². The van der Waals surface area contributed by atoms with Crippen LogP contribution in [0.25, 0.3) is 33.5 Å². The summed E-state index contributed by atoms with van der Waals surface area (Å²) in [5.41, 5.74) is 2.01. The lowest BCUT2D eigenvalue weighted by Crippen LogP contribution is -2.20. The first-order valence-electron chi connectivity index (χ1n) is 10.6. The van der Waals surface area contributed by atoms with E-state index in [1.807, 2.05) is 6.92 Å². The van der Waals surface area contributed by atoms with Crippen molar-refractivity contribution < 1.29 is 13.2 Å². The van der Waals surface area contributed by atoms with E-state index in [4.69, 9.17) is 0 Å². The van der Waals surface area contributed by atoms with Crippen LogP contribution in [0, 0.1) is 5.82 Å². The molecule has 0 aliphatic heterocycles. The third-order valence-corrected chi connectivity index (χ3v) is 5.49. The highest BCUT2D eigenvalue weighted by atomic mass is 19.3. The highest BCUT2D eigenvalue weighted by molar-refractivity contribution is 5.79. The molecule has 5 aromatic rings. The molecule has 0 aliphatic rings. The maximum atomic E-state index is 15.5. The second kappa shape index (κ2) is 8.26. The Hall–Kier alpha value is -4.27. The number of hydrogen-bond acceptors (Lipinski definition) is 5. The quantitative estimate of drug-likeness (QED) is 0.377. The fraction of sp³-hybridized carbons (Fsp3) is 0.120. The summed E-state index contributed by atoms with van der Waals surface area (Å²) in [4.78, 5) is 4.17. The normalized spacial score (nSPS) is 11.8. The Bertz CT molecular complexity index is 1540. The molecule has 2 aromatic carbocycles. The van der Waals surface area contributed by atoms with Gasteiger partial charge in [-0.25, -0.2) is 4.39 Å². The van der Waals surface area contributed by atoms with Crippen molar-refractivity contribution in [2.45, 2.75) is 12.8 Å². The number of pyridine rings is 1. The molecule has 0 aliphatic carbocycles. The van der Waals surface area contributed by atoms with E-state index in [9.17, 15) is 4.39 Å². The van der Waals surface area contributed by atoms with E-state index < -0.39 is 17.6 Å². The Morgan fingerprint density at radius 2 is 1.91 bits per heavy atom. The molecular formula is C25H19F3N6. The molecule has 34 heavy (non-hydrogen) atoms. The fourth-order valence-electron chi connectivity index (χ4n) is 3.77. The number of benzene rings is 2. The molecule has 0 saturated heterocycles. The second-order valence-corrected chi connectivity index (χ2v) is 7.70. The molecule has 170 valence electrons. The molecule has 6 nitrogen and oxygen atoms in total. The van der Waals surface area contributed by atoms with Gasteiger partial charge in [0.15, 0.2) is 5.65 Å². The first kappa shape index (κ1) is 21.6. The van der Waals surface area contributed by atoms with Gasteiger partial charge >= 0.3 is 5.92 Å². The highest BCUT2D eigenvalue weighted by Gasteiger charge is 2.40. The highest BCUT2D eigenvalue weighted by Crippen LogP contribution is 2.36. The van der Waals surface area contributed by atoms with E-state index in [0.29, 0.717) is 40.0 Å². The van der Waals surface area contributed by atoms with Crippen molar-refractivity contribution in [1.82, 2.24) is 30.1 Å². The van der Waals surface area contributed by atoms with Gasteiger partial charge < -0.3 is 5.32 Å². The van der Waals surface area contributed by atoms with E-state index >= 15 is 8.78 Å². The van der Waals surface area contributed by atoms with Crippen LogP contribution in [0.5, 0.6) is 0 Å². The molecular weight excluding hydrogens is 441 g/mol. The summed E-state index contributed by atoms with van der Waals surface area (Å²) in [6.07, 6.45) is 1.60. The van der Waals surface area contributed by atoms with Crippen LogP contribution in [0.4, 0.5) is 13.2 Å². The van der Waals surface area contributed by atoms with Crippen molar-refractivity contribution >= 4 is 22.2 Å². The molecule has 3 aromatic heterocycles. The predicted octanol–water partition coefficient (Wildman–Crippen LogP) is 5.20. The summed E-state index contributed by atoms with van der Waals surface area (Å²) in [6.45, 7) is 6.32. The maximum Gasteiger partial charge on any atom is 0.333 e. The topological polar surface area (TPSA) is 68.0 Å². The first-order valence-corrected chi connectivity index (χ1v) is 10.6. The number of nitrogens with one attached hydrogen (secondary N) is 1. The zero-order valence-electron chi connectivity index (χ0n) is 18.1. The molecule has 0 saturated carbocycles. The minimum atomic E-state index is -3.48. The van der Waals surface area contributed by atoms with Crippen LogP contribution in [-0.4, -0.2) is 31.3 Å². The van der Waals surface area contributed by atoms with Crippen LogP contribution < -0.4 is 5.32 Å². The standard InChI is InChI=1S/C25H19F3N6/c1-3-29-15(2)19-8-6-17(14-20(19)26)22-10-11-23-31-32-24(34(23)33-22)25(27,28)18-7-9-21-16(13-18)5-4-12-30-21/h4-14,29H,2-3H2,1H3. The molecule has 0 unspecified atom stereocenters. The SMILES string of the molecule is C=C(NCC)c1ccc(-c2ccc3nnc(C(F)(F)c4ccc5ncccc5c4)n3n2)cc1F. The summed E-state index contributed by atoms with van der Waals surface area (Å²) < 4.78 is 46.8. The van der Waals surface area contributed by atoms with Gasteiger partial charge in [0.2, 0.25) is 5.82 Å². The Kier molecular flexibility index (Phi) is 5.24. The zero-order chi connectivity index (χ0) is 23.9. The average molecular weight is 460 g/mol. The van der Waals surface area contributed by atoms with Gasteiger partial charge in [0.1, 0.15) is 5.82 Å². The molecule has 0 bridgehead atoms. The molecule has 5 rings (SSSR count). The van der Waals surface area contributed by atoms with Crippen LogP contribution in [0.1, 0.15) is 23.9 Å². The number of hydrogen-bond donors (Lipinski definition) is 1. The van der Waals surface area contributed by atoms with Gasteiger partial charge in [-0.05, 0) is 49.4 Å². The molecule has 0 amide bonds. The van der Waals surface area contributed by atoms with Gasteiger partial charge in [0.05, 0.1) is 11.2 Å². The van der Waals surface area contributed by atoms with Crippen LogP contribution >= 0.6 is 0 Å². The Labute approximate surface area is 192 Å². The minimum Gasteiger partial charge on any atom is -0.385 e. The van der Waals surface area contributed by atoms with Crippen LogP contribution in [0.3, 0.4) is 0 Å². The summed E-state index contributed by atoms with van der Waals surface area (Å²) in [7, 11) is 0. The fourth-order valence-corrected chi connectivity index (χ4v) is 3.77. The minimum absolute atomic E-state index is 0.151. The molecule has 1 N–H and O–H groups in total. The average Bonchev–Trinajstić information content (AvgIpc) is 3.28. The lowest BCUT2D eigenvalue weighted by atomic mass is 10.0. The first-order chi connectivity index (χ1) is 16.4. The summed E-state index contributed by atoms with van der Waals surface area (Å²) in [5, 5.41) is 15.4. The molecule has 9 heteroatoms. The van der Waals surface area contributed by atoms with Gasteiger partial charge in [0.25, 0.3) is 0 Å². The van der Waals surface area contributed by atoms with E-state index in [1.165, 1.54) is 30.3 Å². The number of rotatable bonds is 6. The van der Waals surface area contributed by atoms with Gasteiger partial charge in [-0.1, -0.05) is 24.8 Å². The number of alkyl halides is 2.